The summed E-state index contributed by atoms with van der Waals surface area (Å²) in [6, 6.07) is 13.6. The largest absolute Gasteiger partial charge is 0.494 e. The van der Waals surface area contributed by atoms with Crippen LogP contribution in [-0.2, 0) is 11.2 Å². The van der Waals surface area contributed by atoms with Crippen molar-refractivity contribution in [2.75, 3.05) is 17.3 Å². The van der Waals surface area contributed by atoms with Gasteiger partial charge in [0.1, 0.15) is 11.0 Å². The number of hydrogen-bond acceptors (Lipinski definition) is 6. The maximum atomic E-state index is 13.3. The van der Waals surface area contributed by atoms with Crippen LogP contribution < -0.4 is 15.5 Å². The highest BCUT2D eigenvalue weighted by molar-refractivity contribution is 8.00. The van der Waals surface area contributed by atoms with E-state index in [1.807, 2.05) is 67.9 Å². The van der Waals surface area contributed by atoms with E-state index in [2.05, 4.69) is 27.9 Å². The van der Waals surface area contributed by atoms with Crippen LogP contribution >= 0.6 is 11.8 Å². The van der Waals surface area contributed by atoms with Gasteiger partial charge in [-0.3, -0.25) is 4.79 Å². The van der Waals surface area contributed by atoms with Crippen LogP contribution in [0.3, 0.4) is 0 Å². The van der Waals surface area contributed by atoms with E-state index in [0.717, 1.165) is 34.8 Å². The molecule has 3 aromatic rings. The Kier molecular flexibility index (Phi) is 6.18. The molecular weight excluding hydrogens is 410 g/mol. The van der Waals surface area contributed by atoms with Gasteiger partial charge in [-0.05, 0) is 61.7 Å². The van der Waals surface area contributed by atoms with Crippen LogP contribution in [0.2, 0.25) is 0 Å². The molecule has 1 aliphatic heterocycles. The molecule has 1 aromatic heterocycles. The highest BCUT2D eigenvalue weighted by Crippen LogP contribution is 2.38. The van der Waals surface area contributed by atoms with Crippen molar-refractivity contribution < 1.29 is 9.53 Å². The van der Waals surface area contributed by atoms with Crippen molar-refractivity contribution in [3.05, 3.63) is 65.0 Å². The summed E-state index contributed by atoms with van der Waals surface area (Å²) < 4.78 is 7.47. The van der Waals surface area contributed by atoms with Crippen molar-refractivity contribution in [2.45, 2.75) is 50.6 Å². The molecule has 0 spiro atoms. The van der Waals surface area contributed by atoms with E-state index >= 15 is 0 Å². The molecular formula is C23H27N5O2S. The molecule has 1 aliphatic rings. The van der Waals surface area contributed by atoms with E-state index in [1.165, 1.54) is 17.3 Å². The zero-order valence-electron chi connectivity index (χ0n) is 18.2. The fourth-order valence-electron chi connectivity index (χ4n) is 3.55. The SMILES string of the molecule is CCOc1ccc([C@H]2Nn3c(CC)nnc3S[C@@H]2C(=O)Nc2ccc(C)c(C)c2)cc1. The Morgan fingerprint density at radius 3 is 2.58 bits per heavy atom. The van der Waals surface area contributed by atoms with Gasteiger partial charge < -0.3 is 15.5 Å². The van der Waals surface area contributed by atoms with E-state index in [9.17, 15) is 4.79 Å². The molecule has 0 fully saturated rings. The number of fused-ring (bicyclic) bond motifs is 1. The monoisotopic (exact) mass is 437 g/mol. The molecule has 2 aromatic carbocycles. The molecule has 7 nitrogen and oxygen atoms in total. The quantitative estimate of drug-likeness (QED) is 0.600. The number of carbonyl (C=O) groups is 1. The first-order valence-corrected chi connectivity index (χ1v) is 11.4. The standard InChI is InChI=1S/C23H27N5O2S/c1-5-19-25-26-23-28(19)27-20(16-8-11-18(12-9-16)30-6-2)21(31-23)22(29)24-17-10-7-14(3)15(4)13-17/h7-13,20-21,27H,5-6H2,1-4H3,(H,24,29)/t20-,21+/m1/s1. The number of ether oxygens (including phenoxy) is 1. The summed E-state index contributed by atoms with van der Waals surface area (Å²) in [5, 5.41) is 11.9. The number of thioether (sulfide) groups is 1. The fraction of sp³-hybridized carbons (Fsp3) is 0.348. The number of nitrogens with one attached hydrogen (secondary N) is 2. The van der Waals surface area contributed by atoms with Crippen molar-refractivity contribution in [1.82, 2.24) is 14.9 Å². The molecule has 162 valence electrons. The summed E-state index contributed by atoms with van der Waals surface area (Å²) in [6.07, 6.45) is 0.746. The molecule has 31 heavy (non-hydrogen) atoms. The molecule has 0 saturated carbocycles. The lowest BCUT2D eigenvalue weighted by atomic mass is 10.0. The summed E-state index contributed by atoms with van der Waals surface area (Å²) in [5.74, 6) is 1.57. The van der Waals surface area contributed by atoms with Gasteiger partial charge in [-0.15, -0.1) is 10.2 Å². The molecule has 8 heteroatoms. The average Bonchev–Trinajstić information content (AvgIpc) is 3.18. The van der Waals surface area contributed by atoms with E-state index in [4.69, 9.17) is 4.74 Å². The minimum Gasteiger partial charge on any atom is -0.494 e. The summed E-state index contributed by atoms with van der Waals surface area (Å²) in [4.78, 5) is 13.3. The molecule has 0 bridgehead atoms. The van der Waals surface area contributed by atoms with Gasteiger partial charge in [0, 0.05) is 12.1 Å². The van der Waals surface area contributed by atoms with Crippen LogP contribution in [0.25, 0.3) is 0 Å². The molecule has 0 aliphatic carbocycles. The Morgan fingerprint density at radius 1 is 1.13 bits per heavy atom. The van der Waals surface area contributed by atoms with E-state index in [-0.39, 0.29) is 11.9 Å². The molecule has 2 N–H and O–H groups in total. The van der Waals surface area contributed by atoms with Crippen molar-refractivity contribution in [3.8, 4) is 5.75 Å². The molecule has 0 radical (unpaired) electrons. The van der Waals surface area contributed by atoms with Crippen molar-refractivity contribution in [1.29, 1.82) is 0 Å². The summed E-state index contributed by atoms with van der Waals surface area (Å²) >= 11 is 1.43. The Morgan fingerprint density at radius 2 is 1.90 bits per heavy atom. The van der Waals surface area contributed by atoms with Gasteiger partial charge in [0.05, 0.1) is 12.6 Å². The Balaban J connectivity index is 1.64. The predicted octanol–water partition coefficient (Wildman–Crippen LogP) is 4.25. The second-order valence-electron chi connectivity index (χ2n) is 7.52. The summed E-state index contributed by atoms with van der Waals surface area (Å²) in [7, 11) is 0. The number of aryl methyl sites for hydroxylation is 3. The molecule has 1 amide bonds. The number of amides is 1. The predicted molar refractivity (Wildman–Crippen MR) is 123 cm³/mol. The third-order valence-electron chi connectivity index (χ3n) is 5.40. The maximum absolute atomic E-state index is 13.3. The molecule has 2 atom stereocenters. The van der Waals surface area contributed by atoms with Gasteiger partial charge in [0.15, 0.2) is 5.82 Å². The molecule has 0 saturated heterocycles. The molecule has 2 heterocycles. The summed E-state index contributed by atoms with van der Waals surface area (Å²) in [5.41, 5.74) is 7.60. The first-order valence-electron chi connectivity index (χ1n) is 10.5. The van der Waals surface area contributed by atoms with Crippen LogP contribution in [0, 0.1) is 13.8 Å². The third kappa shape index (κ3) is 4.39. The average molecular weight is 438 g/mol. The molecule has 4 rings (SSSR count). The van der Waals surface area contributed by atoms with Gasteiger partial charge in [-0.1, -0.05) is 36.9 Å². The number of carbonyl (C=O) groups excluding carboxylic acids is 1. The lowest BCUT2D eigenvalue weighted by molar-refractivity contribution is -0.116. The van der Waals surface area contributed by atoms with Crippen LogP contribution in [0.1, 0.15) is 42.4 Å². The first-order chi connectivity index (χ1) is 15.0. The van der Waals surface area contributed by atoms with Crippen LogP contribution in [0.15, 0.2) is 47.6 Å². The molecule has 0 unspecified atom stereocenters. The minimum absolute atomic E-state index is 0.0769. The summed E-state index contributed by atoms with van der Waals surface area (Å²) in [6.45, 7) is 8.71. The van der Waals surface area contributed by atoms with Gasteiger partial charge in [0.2, 0.25) is 11.1 Å². The van der Waals surface area contributed by atoms with Crippen LogP contribution in [0.5, 0.6) is 5.75 Å². The lowest BCUT2D eigenvalue weighted by Gasteiger charge is -2.33. The van der Waals surface area contributed by atoms with Gasteiger partial charge >= 0.3 is 0 Å². The lowest BCUT2D eigenvalue weighted by Crippen LogP contribution is -2.41. The second kappa shape index (κ2) is 9.01. The fourth-order valence-corrected chi connectivity index (χ4v) is 4.65. The van der Waals surface area contributed by atoms with Gasteiger partial charge in [0.25, 0.3) is 0 Å². The highest BCUT2D eigenvalue weighted by Gasteiger charge is 2.37. The minimum atomic E-state index is -0.416. The van der Waals surface area contributed by atoms with Crippen molar-refractivity contribution in [3.63, 3.8) is 0 Å². The van der Waals surface area contributed by atoms with Crippen LogP contribution in [0.4, 0.5) is 5.69 Å². The first kappa shape index (κ1) is 21.2. The number of hydrogen-bond donors (Lipinski definition) is 2. The number of benzene rings is 2. The topological polar surface area (TPSA) is 81.1 Å². The third-order valence-corrected chi connectivity index (χ3v) is 6.62. The zero-order chi connectivity index (χ0) is 22.0. The number of aromatic nitrogens is 3. The number of nitrogens with zero attached hydrogens (tertiary/aromatic N) is 3. The van der Waals surface area contributed by atoms with E-state index in [1.54, 1.807) is 0 Å². The van der Waals surface area contributed by atoms with Gasteiger partial charge in [-0.2, -0.15) is 0 Å². The van der Waals surface area contributed by atoms with Crippen molar-refractivity contribution >= 4 is 23.4 Å². The smallest absolute Gasteiger partial charge is 0.240 e. The van der Waals surface area contributed by atoms with Crippen molar-refractivity contribution in [2.24, 2.45) is 0 Å². The Bertz CT molecular complexity index is 1080. The normalized spacial score (nSPS) is 17.5. The van der Waals surface area contributed by atoms with E-state index < -0.39 is 5.25 Å². The number of rotatable bonds is 6. The number of anilines is 1. The second-order valence-corrected chi connectivity index (χ2v) is 8.63. The highest BCUT2D eigenvalue weighted by atomic mass is 32.2. The van der Waals surface area contributed by atoms with E-state index in [0.29, 0.717) is 11.8 Å². The Hall–Kier alpha value is -3.00. The Labute approximate surface area is 186 Å². The zero-order valence-corrected chi connectivity index (χ0v) is 19.0. The maximum Gasteiger partial charge on any atom is 0.240 e. The van der Waals surface area contributed by atoms with Gasteiger partial charge in [-0.25, -0.2) is 4.68 Å². The van der Waals surface area contributed by atoms with Crippen LogP contribution in [-0.4, -0.2) is 32.6 Å².